The molecule has 1 saturated heterocycles. The highest BCUT2D eigenvalue weighted by Gasteiger charge is 2.30. The molecular weight excluding hydrogens is 276 g/mol. The minimum Gasteiger partial charge on any atom is -0.396 e. The van der Waals surface area contributed by atoms with Crippen LogP contribution in [0.4, 0.5) is 0 Å². The van der Waals surface area contributed by atoms with Gasteiger partial charge in [0.05, 0.1) is 6.54 Å². The second-order valence-corrected chi connectivity index (χ2v) is 6.94. The second-order valence-electron chi connectivity index (χ2n) is 6.94. The van der Waals surface area contributed by atoms with Crippen LogP contribution in [0.1, 0.15) is 66.3 Å². The van der Waals surface area contributed by atoms with Crippen LogP contribution in [0.15, 0.2) is 6.07 Å². The molecule has 4 heteroatoms. The van der Waals surface area contributed by atoms with Crippen molar-refractivity contribution in [1.29, 1.82) is 0 Å². The van der Waals surface area contributed by atoms with Gasteiger partial charge in [-0.05, 0) is 58.6 Å². The van der Waals surface area contributed by atoms with Gasteiger partial charge in [0.15, 0.2) is 5.78 Å². The average Bonchev–Trinajstić information content (AvgIpc) is 3.27. The highest BCUT2D eigenvalue weighted by molar-refractivity contribution is 5.99. The lowest BCUT2D eigenvalue weighted by Crippen LogP contribution is -2.43. The molecule has 0 radical (unpaired) electrons. The number of aliphatic hydroxyl groups is 1. The largest absolute Gasteiger partial charge is 0.396 e. The summed E-state index contributed by atoms with van der Waals surface area (Å²) in [7, 11) is 0. The lowest BCUT2D eigenvalue weighted by atomic mass is 9.98. The second kappa shape index (κ2) is 6.55. The van der Waals surface area contributed by atoms with Crippen LogP contribution in [-0.4, -0.2) is 46.1 Å². The van der Waals surface area contributed by atoms with Crippen molar-refractivity contribution in [2.24, 2.45) is 0 Å². The first-order chi connectivity index (χ1) is 10.6. The third-order valence-electron chi connectivity index (χ3n) is 5.25. The molecule has 2 heterocycles. The summed E-state index contributed by atoms with van der Waals surface area (Å²) >= 11 is 0. The van der Waals surface area contributed by atoms with Crippen molar-refractivity contribution in [3.05, 3.63) is 23.0 Å². The number of piperidine rings is 1. The van der Waals surface area contributed by atoms with E-state index >= 15 is 0 Å². The molecule has 3 rings (SSSR count). The Hall–Kier alpha value is -1.13. The Labute approximate surface area is 133 Å². The summed E-state index contributed by atoms with van der Waals surface area (Å²) in [5, 5.41) is 9.22. The number of aryl methyl sites for hydroxylation is 1. The van der Waals surface area contributed by atoms with Gasteiger partial charge >= 0.3 is 0 Å². The topological polar surface area (TPSA) is 45.5 Å². The molecule has 0 spiro atoms. The minimum atomic E-state index is 0.214. The normalized spacial score (nSPS) is 23.0. The summed E-state index contributed by atoms with van der Waals surface area (Å²) in [6.07, 6.45) is 6.76. The molecule has 2 aliphatic rings. The number of hydrogen-bond donors (Lipinski definition) is 1. The van der Waals surface area contributed by atoms with Crippen LogP contribution >= 0.6 is 0 Å². The van der Waals surface area contributed by atoms with Crippen molar-refractivity contribution < 1.29 is 9.90 Å². The van der Waals surface area contributed by atoms with Gasteiger partial charge in [-0.1, -0.05) is 6.42 Å². The summed E-state index contributed by atoms with van der Waals surface area (Å²) < 4.78 is 2.34. The first-order valence-corrected chi connectivity index (χ1v) is 8.68. The zero-order valence-corrected chi connectivity index (χ0v) is 13.8. The Morgan fingerprint density at radius 3 is 2.73 bits per heavy atom. The van der Waals surface area contributed by atoms with Crippen molar-refractivity contribution in [2.75, 3.05) is 19.7 Å². The van der Waals surface area contributed by atoms with Crippen LogP contribution in [0.2, 0.25) is 0 Å². The maximum atomic E-state index is 12.8. The van der Waals surface area contributed by atoms with Gasteiger partial charge in [-0.3, -0.25) is 9.69 Å². The molecule has 1 aromatic rings. The molecule has 1 aromatic heterocycles. The molecule has 1 aliphatic carbocycles. The van der Waals surface area contributed by atoms with Crippen LogP contribution in [0.5, 0.6) is 0 Å². The lowest BCUT2D eigenvalue weighted by Gasteiger charge is -2.34. The van der Waals surface area contributed by atoms with Crippen LogP contribution in [-0.2, 0) is 0 Å². The predicted octanol–water partition coefficient (Wildman–Crippen LogP) is 2.86. The Morgan fingerprint density at radius 2 is 2.05 bits per heavy atom. The number of aliphatic hydroxyl groups excluding tert-OH is 1. The van der Waals surface area contributed by atoms with Crippen LogP contribution in [0.25, 0.3) is 0 Å². The highest BCUT2D eigenvalue weighted by atomic mass is 16.3. The molecule has 4 nitrogen and oxygen atoms in total. The molecule has 1 aliphatic heterocycles. The van der Waals surface area contributed by atoms with Crippen LogP contribution in [0.3, 0.4) is 0 Å². The summed E-state index contributed by atoms with van der Waals surface area (Å²) in [4.78, 5) is 15.1. The minimum absolute atomic E-state index is 0.214. The maximum absolute atomic E-state index is 12.8. The molecule has 2 fully saturated rings. The molecule has 1 N–H and O–H groups in total. The molecule has 22 heavy (non-hydrogen) atoms. The summed E-state index contributed by atoms with van der Waals surface area (Å²) in [5.74, 6) is 0.241. The smallest absolute Gasteiger partial charge is 0.178 e. The van der Waals surface area contributed by atoms with Crippen molar-refractivity contribution in [3.8, 4) is 0 Å². The SMILES string of the molecule is Cc1cc(C(=O)CN2CCCCC2CCO)c(C)n1C1CC1. The Balaban J connectivity index is 1.72. The number of nitrogens with zero attached hydrogens (tertiary/aromatic N) is 2. The zero-order valence-electron chi connectivity index (χ0n) is 13.8. The van der Waals surface area contributed by atoms with E-state index in [0.717, 1.165) is 37.1 Å². The average molecular weight is 304 g/mol. The van der Waals surface area contributed by atoms with Gasteiger partial charge in [0, 0.05) is 35.6 Å². The third-order valence-corrected chi connectivity index (χ3v) is 5.25. The van der Waals surface area contributed by atoms with Gasteiger partial charge in [0.25, 0.3) is 0 Å². The fourth-order valence-electron chi connectivity index (χ4n) is 3.97. The number of carbonyl (C=O) groups excluding carboxylic acids is 1. The van der Waals surface area contributed by atoms with Crippen molar-refractivity contribution in [2.45, 2.75) is 64.5 Å². The number of carbonyl (C=O) groups is 1. The standard InChI is InChI=1S/C18H28N2O2/c1-13-11-17(14(2)20(13)16-6-7-16)18(22)12-19-9-4-3-5-15(19)8-10-21/h11,15-16,21H,3-10,12H2,1-2H3. The fourth-order valence-corrected chi connectivity index (χ4v) is 3.97. The first kappa shape index (κ1) is 15.8. The molecule has 1 unspecified atom stereocenters. The zero-order chi connectivity index (χ0) is 15.7. The number of Topliss-reactive ketones (excluding diaryl/α,β-unsaturated/α-hetero) is 1. The monoisotopic (exact) mass is 304 g/mol. The van der Waals surface area contributed by atoms with Crippen molar-refractivity contribution in [3.63, 3.8) is 0 Å². The van der Waals surface area contributed by atoms with Crippen LogP contribution in [0, 0.1) is 13.8 Å². The quantitative estimate of drug-likeness (QED) is 0.822. The number of hydrogen-bond acceptors (Lipinski definition) is 3. The molecule has 1 saturated carbocycles. The molecule has 0 amide bonds. The van der Waals surface area contributed by atoms with Gasteiger partial charge in [-0.15, -0.1) is 0 Å². The number of ketones is 1. The van der Waals surface area contributed by atoms with E-state index in [2.05, 4.69) is 29.4 Å². The van der Waals surface area contributed by atoms with Gasteiger partial charge in [-0.2, -0.15) is 0 Å². The fraction of sp³-hybridized carbons (Fsp3) is 0.722. The van der Waals surface area contributed by atoms with Crippen LogP contribution < -0.4 is 0 Å². The maximum Gasteiger partial charge on any atom is 0.178 e. The van der Waals surface area contributed by atoms with E-state index < -0.39 is 0 Å². The highest BCUT2D eigenvalue weighted by Crippen LogP contribution is 2.38. The Morgan fingerprint density at radius 1 is 1.27 bits per heavy atom. The lowest BCUT2D eigenvalue weighted by molar-refractivity contribution is 0.0798. The van der Waals surface area contributed by atoms with E-state index in [4.69, 9.17) is 0 Å². The summed E-state index contributed by atoms with van der Waals surface area (Å²) in [6.45, 7) is 5.89. The molecule has 122 valence electrons. The molecular formula is C18H28N2O2. The predicted molar refractivity (Wildman–Crippen MR) is 87.4 cm³/mol. The summed E-state index contributed by atoms with van der Waals surface area (Å²) in [6, 6.07) is 3.06. The van der Waals surface area contributed by atoms with Crippen molar-refractivity contribution in [1.82, 2.24) is 9.47 Å². The molecule has 0 bridgehead atoms. The first-order valence-electron chi connectivity index (χ1n) is 8.68. The van der Waals surface area contributed by atoms with Gasteiger partial charge in [-0.25, -0.2) is 0 Å². The van der Waals surface area contributed by atoms with Gasteiger partial charge < -0.3 is 9.67 Å². The van der Waals surface area contributed by atoms with Gasteiger partial charge in [0.2, 0.25) is 0 Å². The number of rotatable bonds is 6. The van der Waals surface area contributed by atoms with Gasteiger partial charge in [0.1, 0.15) is 0 Å². The van der Waals surface area contributed by atoms with E-state index in [0.29, 0.717) is 18.6 Å². The Kier molecular flexibility index (Phi) is 4.69. The van der Waals surface area contributed by atoms with Crippen molar-refractivity contribution >= 4 is 5.78 Å². The Bertz CT molecular complexity index is 544. The van der Waals surface area contributed by atoms with E-state index in [-0.39, 0.29) is 12.4 Å². The molecule has 1 atom stereocenters. The molecule has 0 aromatic carbocycles. The summed E-state index contributed by atoms with van der Waals surface area (Å²) in [5.41, 5.74) is 3.26. The van der Waals surface area contributed by atoms with E-state index in [9.17, 15) is 9.90 Å². The van der Waals surface area contributed by atoms with E-state index in [1.54, 1.807) is 0 Å². The van der Waals surface area contributed by atoms with E-state index in [1.807, 2.05) is 0 Å². The van der Waals surface area contributed by atoms with E-state index in [1.165, 1.54) is 25.0 Å². The third kappa shape index (κ3) is 3.13. The number of likely N-dealkylation sites (tertiary alicyclic amines) is 1. The number of aromatic nitrogens is 1.